The standard InChI is InChI=1S/C15H18ClNO2/c1-10-4-3-5-11(15(10)18)9-17-13-8-12(16)6-7-14(13)19-2/h6-10,17H,3-5H2,1-2H3/b11-9-/t10-/m0/s1. The minimum atomic E-state index is 0.128. The number of anilines is 1. The summed E-state index contributed by atoms with van der Waals surface area (Å²) in [5.74, 6) is 1.07. The minimum absolute atomic E-state index is 0.128. The molecule has 1 aliphatic carbocycles. The van der Waals surface area contributed by atoms with Gasteiger partial charge in [0.2, 0.25) is 0 Å². The highest BCUT2D eigenvalue weighted by atomic mass is 35.5. The maximum Gasteiger partial charge on any atom is 0.163 e. The van der Waals surface area contributed by atoms with Gasteiger partial charge in [-0.1, -0.05) is 18.5 Å². The molecule has 0 amide bonds. The number of hydrogen-bond donors (Lipinski definition) is 1. The highest BCUT2D eigenvalue weighted by Gasteiger charge is 2.22. The Morgan fingerprint density at radius 3 is 3.00 bits per heavy atom. The van der Waals surface area contributed by atoms with E-state index in [1.807, 2.05) is 6.92 Å². The molecule has 4 heteroatoms. The molecule has 1 aromatic carbocycles. The van der Waals surface area contributed by atoms with Gasteiger partial charge in [0.1, 0.15) is 5.75 Å². The van der Waals surface area contributed by atoms with Crippen molar-refractivity contribution >= 4 is 23.1 Å². The lowest BCUT2D eigenvalue weighted by molar-refractivity contribution is -0.119. The number of allylic oxidation sites excluding steroid dienone is 1. The van der Waals surface area contributed by atoms with E-state index < -0.39 is 0 Å². The summed E-state index contributed by atoms with van der Waals surface area (Å²) in [4.78, 5) is 12.0. The molecule has 1 aromatic rings. The number of hydrogen-bond acceptors (Lipinski definition) is 3. The smallest absolute Gasteiger partial charge is 0.163 e. The van der Waals surface area contributed by atoms with Gasteiger partial charge in [-0.3, -0.25) is 4.79 Å². The van der Waals surface area contributed by atoms with Gasteiger partial charge < -0.3 is 10.1 Å². The predicted molar refractivity (Wildman–Crippen MR) is 77.7 cm³/mol. The minimum Gasteiger partial charge on any atom is -0.495 e. The molecule has 1 N–H and O–H groups in total. The number of carbonyl (C=O) groups excluding carboxylic acids is 1. The van der Waals surface area contributed by atoms with E-state index in [1.165, 1.54) is 0 Å². The van der Waals surface area contributed by atoms with E-state index in [2.05, 4.69) is 5.32 Å². The fraction of sp³-hybridized carbons (Fsp3) is 0.400. The largest absolute Gasteiger partial charge is 0.495 e. The van der Waals surface area contributed by atoms with E-state index in [0.717, 1.165) is 30.5 Å². The molecular weight excluding hydrogens is 262 g/mol. The van der Waals surface area contributed by atoms with E-state index in [9.17, 15) is 4.79 Å². The quantitative estimate of drug-likeness (QED) is 0.849. The molecule has 102 valence electrons. The van der Waals surface area contributed by atoms with Gasteiger partial charge in [-0.25, -0.2) is 0 Å². The van der Waals surface area contributed by atoms with Crippen LogP contribution in [0.25, 0.3) is 0 Å². The number of Topliss-reactive ketones (excluding diaryl/α,β-unsaturated/α-hetero) is 1. The summed E-state index contributed by atoms with van der Waals surface area (Å²) in [7, 11) is 1.61. The van der Waals surface area contributed by atoms with E-state index in [0.29, 0.717) is 10.8 Å². The van der Waals surface area contributed by atoms with Crippen molar-refractivity contribution in [2.24, 2.45) is 5.92 Å². The van der Waals surface area contributed by atoms with Crippen LogP contribution in [0.4, 0.5) is 5.69 Å². The molecule has 0 radical (unpaired) electrons. The molecule has 0 heterocycles. The summed E-state index contributed by atoms with van der Waals surface area (Å²) in [5.41, 5.74) is 1.62. The molecule has 3 nitrogen and oxygen atoms in total. The first-order valence-electron chi connectivity index (χ1n) is 6.45. The van der Waals surface area contributed by atoms with E-state index in [1.54, 1.807) is 31.5 Å². The Morgan fingerprint density at radius 1 is 1.47 bits per heavy atom. The van der Waals surface area contributed by atoms with Crippen molar-refractivity contribution in [3.63, 3.8) is 0 Å². The number of benzene rings is 1. The second kappa shape index (κ2) is 6.11. The second-order valence-corrected chi connectivity index (χ2v) is 5.25. The first-order chi connectivity index (χ1) is 9.11. The summed E-state index contributed by atoms with van der Waals surface area (Å²) in [6.07, 6.45) is 4.66. The van der Waals surface area contributed by atoms with Gasteiger partial charge in [0.15, 0.2) is 5.78 Å². The number of carbonyl (C=O) groups is 1. The van der Waals surface area contributed by atoms with Crippen LogP contribution in [0.2, 0.25) is 5.02 Å². The van der Waals surface area contributed by atoms with Crippen LogP contribution >= 0.6 is 11.6 Å². The maximum atomic E-state index is 12.0. The van der Waals surface area contributed by atoms with Gasteiger partial charge in [0.05, 0.1) is 12.8 Å². The molecule has 0 aliphatic heterocycles. The molecule has 0 saturated heterocycles. The van der Waals surface area contributed by atoms with Gasteiger partial charge in [-0.05, 0) is 37.5 Å². The molecule has 1 aliphatic rings. The lowest BCUT2D eigenvalue weighted by Crippen LogP contribution is -2.19. The van der Waals surface area contributed by atoms with Crippen LogP contribution in [-0.4, -0.2) is 12.9 Å². The third-order valence-corrected chi connectivity index (χ3v) is 3.65. The predicted octanol–water partition coefficient (Wildman–Crippen LogP) is 4.03. The number of methoxy groups -OCH3 is 1. The molecule has 2 rings (SSSR count). The van der Waals surface area contributed by atoms with Gasteiger partial charge >= 0.3 is 0 Å². The fourth-order valence-corrected chi connectivity index (χ4v) is 2.44. The number of rotatable bonds is 3. The summed E-state index contributed by atoms with van der Waals surface area (Å²) in [6.45, 7) is 1.98. The van der Waals surface area contributed by atoms with Gasteiger partial charge in [0, 0.05) is 22.7 Å². The highest BCUT2D eigenvalue weighted by Crippen LogP contribution is 2.29. The van der Waals surface area contributed by atoms with Crippen LogP contribution < -0.4 is 10.1 Å². The van der Waals surface area contributed by atoms with E-state index >= 15 is 0 Å². The third kappa shape index (κ3) is 3.29. The van der Waals surface area contributed by atoms with Crippen molar-refractivity contribution in [2.45, 2.75) is 26.2 Å². The van der Waals surface area contributed by atoms with Crippen LogP contribution in [0.15, 0.2) is 30.0 Å². The van der Waals surface area contributed by atoms with E-state index in [-0.39, 0.29) is 11.7 Å². The van der Waals surface area contributed by atoms with Crippen LogP contribution in [0, 0.1) is 5.92 Å². The van der Waals surface area contributed by atoms with Crippen molar-refractivity contribution in [2.75, 3.05) is 12.4 Å². The zero-order valence-corrected chi connectivity index (χ0v) is 12.0. The molecular formula is C15H18ClNO2. The van der Waals surface area contributed by atoms with Crippen molar-refractivity contribution in [1.29, 1.82) is 0 Å². The molecule has 0 bridgehead atoms. The van der Waals surface area contributed by atoms with Crippen molar-refractivity contribution < 1.29 is 9.53 Å². The van der Waals surface area contributed by atoms with Crippen LogP contribution in [0.1, 0.15) is 26.2 Å². The van der Waals surface area contributed by atoms with Crippen molar-refractivity contribution in [1.82, 2.24) is 0 Å². The Morgan fingerprint density at radius 2 is 2.26 bits per heavy atom. The molecule has 0 unspecified atom stereocenters. The van der Waals surface area contributed by atoms with Crippen LogP contribution in [0.5, 0.6) is 5.75 Å². The molecule has 1 fully saturated rings. The first kappa shape index (κ1) is 13.9. The highest BCUT2D eigenvalue weighted by molar-refractivity contribution is 6.30. The van der Waals surface area contributed by atoms with Gasteiger partial charge in [0.25, 0.3) is 0 Å². The zero-order chi connectivity index (χ0) is 13.8. The fourth-order valence-electron chi connectivity index (χ4n) is 2.27. The maximum absolute atomic E-state index is 12.0. The first-order valence-corrected chi connectivity index (χ1v) is 6.83. The second-order valence-electron chi connectivity index (χ2n) is 4.82. The van der Waals surface area contributed by atoms with Gasteiger partial charge in [-0.2, -0.15) is 0 Å². The molecule has 1 atom stereocenters. The SMILES string of the molecule is COc1ccc(Cl)cc1N/C=C1/CCC[C@H](C)C1=O. The summed E-state index contributed by atoms with van der Waals surface area (Å²) in [5, 5.41) is 3.76. The molecule has 0 aromatic heterocycles. The number of ether oxygens (including phenoxy) is 1. The number of ketones is 1. The summed E-state index contributed by atoms with van der Waals surface area (Å²) in [6, 6.07) is 5.36. The average molecular weight is 280 g/mol. The molecule has 19 heavy (non-hydrogen) atoms. The lowest BCUT2D eigenvalue weighted by Gasteiger charge is -2.19. The normalized spacial score (nSPS) is 21.5. The number of nitrogens with one attached hydrogen (secondary N) is 1. The zero-order valence-electron chi connectivity index (χ0n) is 11.2. The molecule has 0 spiro atoms. The Labute approximate surface area is 118 Å². The van der Waals surface area contributed by atoms with Crippen LogP contribution in [-0.2, 0) is 4.79 Å². The Hall–Kier alpha value is -1.48. The third-order valence-electron chi connectivity index (χ3n) is 3.41. The lowest BCUT2D eigenvalue weighted by atomic mass is 9.86. The molecule has 1 saturated carbocycles. The monoisotopic (exact) mass is 279 g/mol. The average Bonchev–Trinajstić information content (AvgIpc) is 2.40. The van der Waals surface area contributed by atoms with Gasteiger partial charge in [-0.15, -0.1) is 0 Å². The summed E-state index contributed by atoms with van der Waals surface area (Å²) < 4.78 is 5.25. The number of halogens is 1. The Bertz CT molecular complexity index is 511. The Kier molecular flexibility index (Phi) is 4.48. The van der Waals surface area contributed by atoms with Crippen LogP contribution in [0.3, 0.4) is 0 Å². The topological polar surface area (TPSA) is 38.3 Å². The van der Waals surface area contributed by atoms with Crippen molar-refractivity contribution in [3.05, 3.63) is 35.0 Å². The Balaban J connectivity index is 2.17. The summed E-state index contributed by atoms with van der Waals surface area (Å²) >= 11 is 5.96. The van der Waals surface area contributed by atoms with E-state index in [4.69, 9.17) is 16.3 Å². The van der Waals surface area contributed by atoms with Crippen molar-refractivity contribution in [3.8, 4) is 5.75 Å².